The molecule has 0 bridgehead atoms. The van der Waals surface area contributed by atoms with Crippen LogP contribution in [0.25, 0.3) is 0 Å². The molecule has 6 heavy (non-hydrogen) atoms. The van der Waals surface area contributed by atoms with Gasteiger partial charge in [-0.15, -0.1) is 0 Å². The average molecular weight is 86.1 g/mol. The van der Waals surface area contributed by atoms with E-state index in [1.54, 1.807) is 0 Å². The van der Waals surface area contributed by atoms with Gasteiger partial charge in [-0.05, 0) is 12.8 Å². The summed E-state index contributed by atoms with van der Waals surface area (Å²) in [7, 11) is 0. The zero-order valence-electron chi connectivity index (χ0n) is 3.55. The lowest BCUT2D eigenvalue weighted by Crippen LogP contribution is -2.38. The molecule has 1 rings (SSSR count). The number of hydrogen-bond acceptors (Lipinski definition) is 1. The van der Waals surface area contributed by atoms with Gasteiger partial charge < -0.3 is 5.73 Å². The van der Waals surface area contributed by atoms with Crippen LogP contribution in [0.1, 0.15) is 12.8 Å². The van der Waals surface area contributed by atoms with Crippen molar-refractivity contribution in [3.8, 4) is 0 Å². The van der Waals surface area contributed by atoms with Crippen LogP contribution in [-0.4, -0.2) is 12.1 Å². The summed E-state index contributed by atoms with van der Waals surface area (Å²) in [6, 6.07) is 0.229. The van der Waals surface area contributed by atoms with Crippen LogP contribution in [0.3, 0.4) is 0 Å². The maximum atomic E-state index is 10.1. The molecule has 1 fully saturated rings. The van der Waals surface area contributed by atoms with Crippen LogP contribution in [0.5, 0.6) is 0 Å². The Labute approximate surface area is 37.0 Å². The summed E-state index contributed by atoms with van der Waals surface area (Å²) >= 11 is 0. The van der Waals surface area contributed by atoms with Crippen molar-refractivity contribution in [1.29, 1.82) is 0 Å². The maximum Gasteiger partial charge on any atom is 0.0959 e. The summed E-state index contributed by atoms with van der Waals surface area (Å²) in [6.07, 6.45) is 1.06. The molecule has 1 aliphatic carbocycles. The van der Waals surface area contributed by atoms with Gasteiger partial charge in [-0.25, -0.2) is 5.11 Å². The monoisotopic (exact) mass is 86.1 g/mol. The highest BCUT2D eigenvalue weighted by atomic mass is 16.3. The van der Waals surface area contributed by atoms with Crippen molar-refractivity contribution < 1.29 is 5.11 Å². The summed E-state index contributed by atoms with van der Waals surface area (Å²) in [4.78, 5) is 0. The van der Waals surface area contributed by atoms with Crippen LogP contribution in [0, 0.1) is 0 Å². The lowest BCUT2D eigenvalue weighted by molar-refractivity contribution is 0.0121. The molecule has 1 saturated carbocycles. The molecule has 0 aromatic carbocycles. The van der Waals surface area contributed by atoms with E-state index in [9.17, 15) is 5.11 Å². The Morgan fingerprint density at radius 1 is 1.50 bits per heavy atom. The van der Waals surface area contributed by atoms with Gasteiger partial charge in [-0.2, -0.15) is 0 Å². The fourth-order valence-corrected chi connectivity index (χ4v) is 0.606. The van der Waals surface area contributed by atoms with E-state index in [1.165, 1.54) is 0 Å². The molecular formula is C4H8NO. The van der Waals surface area contributed by atoms with Crippen LogP contribution < -0.4 is 5.73 Å². The van der Waals surface area contributed by atoms with Crippen LogP contribution in [0.2, 0.25) is 0 Å². The largest absolute Gasteiger partial charge is 0.328 e. The fraction of sp³-hybridized carbons (Fsp3) is 1.00. The standard InChI is InChI=1S/C4H8NO/c5-3-1-4(6)2-3/h3-4H,1-2,5H2. The summed E-state index contributed by atoms with van der Waals surface area (Å²) < 4.78 is 0. The molecule has 1 radical (unpaired) electrons. The van der Waals surface area contributed by atoms with E-state index in [0.717, 1.165) is 0 Å². The highest BCUT2D eigenvalue weighted by molar-refractivity contribution is 4.80. The Kier molecular flexibility index (Phi) is 0.821. The van der Waals surface area contributed by atoms with E-state index in [1.807, 2.05) is 0 Å². The molecule has 0 saturated heterocycles. The van der Waals surface area contributed by atoms with Gasteiger partial charge in [0.05, 0.1) is 6.10 Å². The van der Waals surface area contributed by atoms with E-state index in [0.29, 0.717) is 12.8 Å². The minimum absolute atomic E-state index is 0.229. The molecule has 35 valence electrons. The molecule has 0 aromatic heterocycles. The number of nitrogens with two attached hydrogens (primary N) is 1. The van der Waals surface area contributed by atoms with Gasteiger partial charge in [0.2, 0.25) is 0 Å². The third kappa shape index (κ3) is 0.533. The van der Waals surface area contributed by atoms with Crippen LogP contribution >= 0.6 is 0 Å². The highest BCUT2D eigenvalue weighted by Gasteiger charge is 2.24. The Bertz CT molecular complexity index is 43.5. The Balaban J connectivity index is 2.11. The molecule has 0 aromatic rings. The second-order valence-corrected chi connectivity index (χ2v) is 1.85. The molecule has 1 aliphatic rings. The van der Waals surface area contributed by atoms with Crippen molar-refractivity contribution in [2.24, 2.45) is 5.73 Å². The van der Waals surface area contributed by atoms with Crippen molar-refractivity contribution in [2.45, 2.75) is 25.0 Å². The predicted molar refractivity (Wildman–Crippen MR) is 21.7 cm³/mol. The van der Waals surface area contributed by atoms with E-state index in [4.69, 9.17) is 5.73 Å². The molecular weight excluding hydrogens is 78.0 g/mol. The summed E-state index contributed by atoms with van der Waals surface area (Å²) in [5.41, 5.74) is 5.27. The first kappa shape index (κ1) is 4.09. The van der Waals surface area contributed by atoms with Gasteiger partial charge >= 0.3 is 0 Å². The lowest BCUT2D eigenvalue weighted by Gasteiger charge is -2.24. The predicted octanol–water partition coefficient (Wildman–Crippen LogP) is -0.0934. The summed E-state index contributed by atoms with van der Waals surface area (Å²) in [6.45, 7) is 0. The minimum atomic E-state index is -0.333. The molecule has 0 spiro atoms. The maximum absolute atomic E-state index is 10.1. The van der Waals surface area contributed by atoms with Crippen LogP contribution in [0.15, 0.2) is 0 Å². The third-order valence-corrected chi connectivity index (χ3v) is 1.13. The van der Waals surface area contributed by atoms with E-state index < -0.39 is 0 Å². The Morgan fingerprint density at radius 3 is 2.00 bits per heavy atom. The topological polar surface area (TPSA) is 45.9 Å². The summed E-state index contributed by atoms with van der Waals surface area (Å²) in [5, 5.41) is 10.1. The second kappa shape index (κ2) is 1.21. The number of hydrogen-bond donors (Lipinski definition) is 1. The molecule has 0 atom stereocenters. The van der Waals surface area contributed by atoms with Gasteiger partial charge in [0.15, 0.2) is 0 Å². The SMILES string of the molecule is NC1CC([O])C1. The molecule has 0 aliphatic heterocycles. The van der Waals surface area contributed by atoms with Crippen molar-refractivity contribution in [3.63, 3.8) is 0 Å². The van der Waals surface area contributed by atoms with Gasteiger partial charge in [-0.3, -0.25) is 0 Å². The van der Waals surface area contributed by atoms with Gasteiger partial charge in [0.1, 0.15) is 0 Å². The van der Waals surface area contributed by atoms with Crippen molar-refractivity contribution in [2.75, 3.05) is 0 Å². The van der Waals surface area contributed by atoms with Gasteiger partial charge in [-0.1, -0.05) is 0 Å². The minimum Gasteiger partial charge on any atom is -0.328 e. The van der Waals surface area contributed by atoms with E-state index in [2.05, 4.69) is 0 Å². The highest BCUT2D eigenvalue weighted by Crippen LogP contribution is 2.16. The molecule has 2 N–H and O–H groups in total. The van der Waals surface area contributed by atoms with E-state index >= 15 is 0 Å². The first-order valence-electron chi connectivity index (χ1n) is 2.20. The Morgan fingerprint density at radius 2 is 2.00 bits per heavy atom. The first-order valence-corrected chi connectivity index (χ1v) is 2.20. The second-order valence-electron chi connectivity index (χ2n) is 1.85. The van der Waals surface area contributed by atoms with Gasteiger partial charge in [0, 0.05) is 6.04 Å². The normalized spacial score (nSPS) is 45.0. The van der Waals surface area contributed by atoms with E-state index in [-0.39, 0.29) is 12.1 Å². The lowest BCUT2D eigenvalue weighted by atomic mass is 9.91. The third-order valence-electron chi connectivity index (χ3n) is 1.13. The zero-order valence-corrected chi connectivity index (χ0v) is 3.55. The fourth-order valence-electron chi connectivity index (χ4n) is 0.606. The average Bonchev–Trinajstić information content (AvgIpc) is 1.33. The molecule has 2 nitrogen and oxygen atoms in total. The molecule has 0 unspecified atom stereocenters. The van der Waals surface area contributed by atoms with Crippen LogP contribution in [-0.2, 0) is 5.11 Å². The van der Waals surface area contributed by atoms with Gasteiger partial charge in [0.25, 0.3) is 0 Å². The summed E-state index contributed by atoms with van der Waals surface area (Å²) in [5.74, 6) is 0. The van der Waals surface area contributed by atoms with Crippen molar-refractivity contribution in [3.05, 3.63) is 0 Å². The number of rotatable bonds is 0. The molecule has 0 amide bonds. The van der Waals surface area contributed by atoms with Crippen molar-refractivity contribution in [1.82, 2.24) is 0 Å². The molecule has 0 heterocycles. The Hall–Kier alpha value is -0.0800. The van der Waals surface area contributed by atoms with Crippen LogP contribution in [0.4, 0.5) is 0 Å². The van der Waals surface area contributed by atoms with Crippen molar-refractivity contribution >= 4 is 0 Å². The quantitative estimate of drug-likeness (QED) is 0.440. The molecule has 2 heteroatoms. The zero-order chi connectivity index (χ0) is 4.57. The smallest absolute Gasteiger partial charge is 0.0959 e. The first-order chi connectivity index (χ1) is 2.79.